The second-order valence-corrected chi connectivity index (χ2v) is 7.21. The summed E-state index contributed by atoms with van der Waals surface area (Å²) in [5.41, 5.74) is 1.39. The second-order valence-electron chi connectivity index (χ2n) is 5.80. The van der Waals surface area contributed by atoms with Crippen LogP contribution in [0.5, 0.6) is 17.2 Å². The van der Waals surface area contributed by atoms with Crippen molar-refractivity contribution in [2.75, 3.05) is 28.4 Å². The van der Waals surface area contributed by atoms with E-state index in [2.05, 4.69) is 4.99 Å². The van der Waals surface area contributed by atoms with E-state index in [1.165, 1.54) is 16.7 Å². The Balaban J connectivity index is 1.91. The third-order valence-electron chi connectivity index (χ3n) is 4.09. The molecule has 0 atom stereocenters. The van der Waals surface area contributed by atoms with E-state index in [4.69, 9.17) is 25.8 Å². The largest absolute Gasteiger partial charge is 0.497 e. The van der Waals surface area contributed by atoms with Crippen LogP contribution in [0.2, 0.25) is 5.02 Å². The fourth-order valence-corrected chi connectivity index (χ4v) is 3.73. The predicted octanol–water partition coefficient (Wildman–Crippen LogP) is 4.60. The van der Waals surface area contributed by atoms with Crippen LogP contribution >= 0.6 is 23.4 Å². The number of amidine groups is 1. The molecule has 1 heterocycles. The highest BCUT2D eigenvalue weighted by Gasteiger charge is 2.30. The summed E-state index contributed by atoms with van der Waals surface area (Å²) in [6.45, 7) is 0. The molecule has 0 spiro atoms. The number of ether oxygens (including phenoxy) is 3. The molecule has 3 rings (SSSR count). The molecule has 0 aromatic heterocycles. The van der Waals surface area contributed by atoms with E-state index in [1.54, 1.807) is 46.6 Å². The lowest BCUT2D eigenvalue weighted by Crippen LogP contribution is -2.23. The number of carbonyl (C=O) groups excluding carboxylic acids is 1. The number of likely N-dealkylation sites (N-methyl/N-ethyl adjacent to an activating group) is 1. The molecule has 1 aliphatic heterocycles. The summed E-state index contributed by atoms with van der Waals surface area (Å²) in [7, 11) is 6.39. The molecule has 2 aromatic carbocycles. The van der Waals surface area contributed by atoms with Crippen LogP contribution in [-0.2, 0) is 4.79 Å². The van der Waals surface area contributed by atoms with Crippen molar-refractivity contribution in [3.05, 3.63) is 51.9 Å². The Kier molecular flexibility index (Phi) is 6.16. The molecule has 2 aromatic rings. The molecule has 0 unspecified atom stereocenters. The van der Waals surface area contributed by atoms with Gasteiger partial charge in [-0.3, -0.25) is 9.69 Å². The van der Waals surface area contributed by atoms with Crippen molar-refractivity contribution in [2.45, 2.75) is 0 Å². The van der Waals surface area contributed by atoms with Crippen LogP contribution in [-0.4, -0.2) is 44.4 Å². The maximum atomic E-state index is 12.6. The number of hydrogen-bond acceptors (Lipinski definition) is 6. The number of aliphatic imine (C=N–C) groups is 1. The third-order valence-corrected chi connectivity index (χ3v) is 5.48. The van der Waals surface area contributed by atoms with Gasteiger partial charge >= 0.3 is 0 Å². The Morgan fingerprint density at radius 3 is 2.29 bits per heavy atom. The van der Waals surface area contributed by atoms with Gasteiger partial charge in [-0.05, 0) is 53.7 Å². The Hall–Kier alpha value is -2.64. The minimum atomic E-state index is -0.150. The van der Waals surface area contributed by atoms with Crippen LogP contribution in [0.25, 0.3) is 6.08 Å². The Morgan fingerprint density at radius 2 is 1.68 bits per heavy atom. The highest BCUT2D eigenvalue weighted by Crippen LogP contribution is 2.38. The molecule has 0 radical (unpaired) electrons. The quantitative estimate of drug-likeness (QED) is 0.664. The molecule has 28 heavy (non-hydrogen) atoms. The smallest absolute Gasteiger partial charge is 0.266 e. The first-order valence-corrected chi connectivity index (χ1v) is 9.48. The average molecular weight is 419 g/mol. The van der Waals surface area contributed by atoms with Gasteiger partial charge in [0.05, 0.1) is 36.9 Å². The van der Waals surface area contributed by atoms with Crippen molar-refractivity contribution in [1.82, 2.24) is 4.90 Å². The average Bonchev–Trinajstić information content (AvgIpc) is 2.97. The zero-order chi connectivity index (χ0) is 20.3. The number of amides is 1. The van der Waals surface area contributed by atoms with Gasteiger partial charge < -0.3 is 14.2 Å². The number of methoxy groups -OCH3 is 3. The van der Waals surface area contributed by atoms with Crippen LogP contribution < -0.4 is 14.2 Å². The number of benzene rings is 2. The topological polar surface area (TPSA) is 60.4 Å². The van der Waals surface area contributed by atoms with Crippen LogP contribution in [0, 0.1) is 0 Å². The highest BCUT2D eigenvalue weighted by atomic mass is 35.5. The Labute approximate surface area is 172 Å². The number of hydrogen-bond donors (Lipinski definition) is 0. The normalized spacial score (nSPS) is 16.8. The van der Waals surface area contributed by atoms with E-state index in [0.717, 1.165) is 11.4 Å². The number of rotatable bonds is 5. The van der Waals surface area contributed by atoms with E-state index in [1.807, 2.05) is 24.3 Å². The molecular weight excluding hydrogens is 400 g/mol. The summed E-state index contributed by atoms with van der Waals surface area (Å²) in [5.74, 6) is 1.66. The van der Waals surface area contributed by atoms with Crippen LogP contribution in [0.3, 0.4) is 0 Å². The lowest BCUT2D eigenvalue weighted by molar-refractivity contribution is -0.121. The Morgan fingerprint density at radius 1 is 1.04 bits per heavy atom. The van der Waals surface area contributed by atoms with E-state index < -0.39 is 0 Å². The molecule has 146 valence electrons. The standard InChI is InChI=1S/C20H19ClN2O4S/c1-23-19(24)18(10-12-9-16(26-3)17(27-4)11-15(12)21)28-20(23)22-13-5-7-14(25-2)8-6-13/h5-11H,1-4H3. The number of thioether (sulfide) groups is 1. The van der Waals surface area contributed by atoms with Crippen molar-refractivity contribution in [3.8, 4) is 17.2 Å². The molecule has 1 aliphatic rings. The summed E-state index contributed by atoms with van der Waals surface area (Å²) in [6.07, 6.45) is 1.73. The third kappa shape index (κ3) is 4.10. The maximum absolute atomic E-state index is 12.6. The zero-order valence-corrected chi connectivity index (χ0v) is 17.4. The monoisotopic (exact) mass is 418 g/mol. The number of halogens is 1. The van der Waals surface area contributed by atoms with Crippen molar-refractivity contribution in [3.63, 3.8) is 0 Å². The van der Waals surface area contributed by atoms with Crippen molar-refractivity contribution in [2.24, 2.45) is 4.99 Å². The van der Waals surface area contributed by atoms with Crippen molar-refractivity contribution < 1.29 is 19.0 Å². The lowest BCUT2D eigenvalue weighted by atomic mass is 10.1. The molecule has 1 fully saturated rings. The fraction of sp³-hybridized carbons (Fsp3) is 0.200. The van der Waals surface area contributed by atoms with Gasteiger partial charge in [-0.1, -0.05) is 11.6 Å². The molecule has 8 heteroatoms. The van der Waals surface area contributed by atoms with Gasteiger partial charge in [0.15, 0.2) is 16.7 Å². The van der Waals surface area contributed by atoms with E-state index in [9.17, 15) is 4.79 Å². The molecule has 6 nitrogen and oxygen atoms in total. The number of nitrogens with zero attached hydrogens (tertiary/aromatic N) is 2. The summed E-state index contributed by atoms with van der Waals surface area (Å²) < 4.78 is 15.7. The van der Waals surface area contributed by atoms with E-state index in [0.29, 0.717) is 32.2 Å². The zero-order valence-electron chi connectivity index (χ0n) is 15.9. The predicted molar refractivity (Wildman–Crippen MR) is 113 cm³/mol. The minimum Gasteiger partial charge on any atom is -0.497 e. The van der Waals surface area contributed by atoms with Gasteiger partial charge in [-0.15, -0.1) is 0 Å². The first-order chi connectivity index (χ1) is 13.5. The first kappa shape index (κ1) is 20.1. The van der Waals surface area contributed by atoms with Gasteiger partial charge in [-0.2, -0.15) is 0 Å². The molecule has 0 N–H and O–H groups in total. The van der Waals surface area contributed by atoms with E-state index in [-0.39, 0.29) is 5.91 Å². The van der Waals surface area contributed by atoms with Crippen LogP contribution in [0.15, 0.2) is 46.3 Å². The van der Waals surface area contributed by atoms with Crippen molar-refractivity contribution in [1.29, 1.82) is 0 Å². The fourth-order valence-electron chi connectivity index (χ4n) is 2.54. The molecule has 0 saturated carbocycles. The lowest BCUT2D eigenvalue weighted by Gasteiger charge is -2.10. The molecule has 1 amide bonds. The van der Waals surface area contributed by atoms with Gasteiger partial charge in [0.1, 0.15) is 5.75 Å². The second kappa shape index (κ2) is 8.58. The minimum absolute atomic E-state index is 0.150. The molecule has 0 bridgehead atoms. The van der Waals surface area contributed by atoms with Gasteiger partial charge in [0.25, 0.3) is 5.91 Å². The van der Waals surface area contributed by atoms with Gasteiger partial charge in [0, 0.05) is 13.1 Å². The summed E-state index contributed by atoms with van der Waals surface area (Å²) in [6, 6.07) is 10.7. The highest BCUT2D eigenvalue weighted by molar-refractivity contribution is 8.18. The van der Waals surface area contributed by atoms with Crippen molar-refractivity contribution >= 4 is 46.2 Å². The Bertz CT molecular complexity index is 957. The number of carbonyl (C=O) groups is 1. The molecule has 1 saturated heterocycles. The maximum Gasteiger partial charge on any atom is 0.266 e. The molecular formula is C20H19ClN2O4S. The summed E-state index contributed by atoms with van der Waals surface area (Å²) in [4.78, 5) is 19.2. The molecule has 0 aliphatic carbocycles. The van der Waals surface area contributed by atoms with Crippen LogP contribution in [0.4, 0.5) is 5.69 Å². The first-order valence-electron chi connectivity index (χ1n) is 8.28. The van der Waals surface area contributed by atoms with Gasteiger partial charge in [-0.25, -0.2) is 4.99 Å². The van der Waals surface area contributed by atoms with Crippen LogP contribution in [0.1, 0.15) is 5.56 Å². The summed E-state index contributed by atoms with van der Waals surface area (Å²) >= 11 is 7.62. The SMILES string of the molecule is COc1ccc(N=C2SC(=Cc3cc(OC)c(OC)cc3Cl)C(=O)N2C)cc1. The summed E-state index contributed by atoms with van der Waals surface area (Å²) in [5, 5.41) is 1.04. The van der Waals surface area contributed by atoms with Gasteiger partial charge in [0.2, 0.25) is 0 Å². The van der Waals surface area contributed by atoms with E-state index >= 15 is 0 Å².